The zero-order valence-corrected chi connectivity index (χ0v) is 15.5. The fourth-order valence-electron chi connectivity index (χ4n) is 2.54. The zero-order chi connectivity index (χ0) is 20.9. The minimum atomic E-state index is -4.80. The Morgan fingerprint density at radius 2 is 1.83 bits per heavy atom. The molecule has 9 heteroatoms. The summed E-state index contributed by atoms with van der Waals surface area (Å²) in [6, 6.07) is 13.2. The van der Waals surface area contributed by atoms with Crippen molar-refractivity contribution in [2.45, 2.75) is 32.7 Å². The SMILES string of the molecule is Cc1ccc(-c2nnc(CCC(=O)NCc3ccccc3OC(F)(F)F)o2)cc1. The third-order valence-electron chi connectivity index (χ3n) is 4.01. The highest BCUT2D eigenvalue weighted by atomic mass is 19.4. The van der Waals surface area contributed by atoms with Crippen LogP contribution in [0.1, 0.15) is 23.4 Å². The number of amides is 1. The minimum Gasteiger partial charge on any atom is -0.421 e. The largest absolute Gasteiger partial charge is 0.573 e. The molecule has 1 N–H and O–H groups in total. The van der Waals surface area contributed by atoms with E-state index in [1.807, 2.05) is 31.2 Å². The van der Waals surface area contributed by atoms with Gasteiger partial charge in [-0.15, -0.1) is 23.4 Å². The van der Waals surface area contributed by atoms with E-state index in [1.54, 1.807) is 6.07 Å². The standard InChI is InChI=1S/C20H18F3N3O3/c1-13-6-8-14(9-7-13)19-26-25-18(28-19)11-10-17(27)24-12-15-4-2-3-5-16(15)29-20(21,22)23/h2-9H,10-12H2,1H3,(H,24,27). The second kappa shape index (κ2) is 8.76. The predicted octanol–water partition coefficient (Wildman–Crippen LogP) is 4.19. The highest BCUT2D eigenvalue weighted by Gasteiger charge is 2.31. The molecule has 1 aromatic heterocycles. The first-order valence-corrected chi connectivity index (χ1v) is 8.80. The number of rotatable bonds is 7. The first-order valence-electron chi connectivity index (χ1n) is 8.80. The summed E-state index contributed by atoms with van der Waals surface area (Å²) in [6.45, 7) is 1.87. The molecular weight excluding hydrogens is 387 g/mol. The number of aryl methyl sites for hydroxylation is 2. The van der Waals surface area contributed by atoms with Crippen LogP contribution in [-0.4, -0.2) is 22.5 Å². The van der Waals surface area contributed by atoms with Gasteiger partial charge in [0.05, 0.1) is 0 Å². The number of halogens is 3. The van der Waals surface area contributed by atoms with Crippen LogP contribution in [0, 0.1) is 6.92 Å². The lowest BCUT2D eigenvalue weighted by Crippen LogP contribution is -2.24. The van der Waals surface area contributed by atoms with Crippen LogP contribution >= 0.6 is 0 Å². The Kier molecular flexibility index (Phi) is 6.16. The molecule has 6 nitrogen and oxygen atoms in total. The molecule has 0 aliphatic heterocycles. The number of aromatic nitrogens is 2. The fraction of sp³-hybridized carbons (Fsp3) is 0.250. The molecule has 0 atom stereocenters. The quantitative estimate of drug-likeness (QED) is 0.638. The van der Waals surface area contributed by atoms with Crippen molar-refractivity contribution in [1.82, 2.24) is 15.5 Å². The van der Waals surface area contributed by atoms with Gasteiger partial charge in [-0.3, -0.25) is 4.79 Å². The van der Waals surface area contributed by atoms with Crippen LogP contribution in [-0.2, 0) is 17.8 Å². The summed E-state index contributed by atoms with van der Waals surface area (Å²) in [5.74, 6) is -0.0444. The Balaban J connectivity index is 1.52. The lowest BCUT2D eigenvalue weighted by atomic mass is 10.1. The molecule has 3 rings (SSSR count). The molecule has 0 saturated heterocycles. The van der Waals surface area contributed by atoms with E-state index in [9.17, 15) is 18.0 Å². The van der Waals surface area contributed by atoms with E-state index in [0.717, 1.165) is 11.1 Å². The van der Waals surface area contributed by atoms with Gasteiger partial charge in [0.2, 0.25) is 17.7 Å². The van der Waals surface area contributed by atoms with Crippen LogP contribution in [0.15, 0.2) is 52.9 Å². The molecule has 0 aliphatic carbocycles. The van der Waals surface area contributed by atoms with Gasteiger partial charge >= 0.3 is 6.36 Å². The third kappa shape index (κ3) is 6.06. The van der Waals surface area contributed by atoms with Crippen LogP contribution in [0.2, 0.25) is 0 Å². The third-order valence-corrected chi connectivity index (χ3v) is 4.01. The van der Waals surface area contributed by atoms with Crippen LogP contribution < -0.4 is 10.1 Å². The Morgan fingerprint density at radius 3 is 2.55 bits per heavy atom. The van der Waals surface area contributed by atoms with Gasteiger partial charge in [0.15, 0.2) is 0 Å². The average Bonchev–Trinajstić information content (AvgIpc) is 3.14. The molecule has 2 aromatic carbocycles. The van der Waals surface area contributed by atoms with Crippen LogP contribution in [0.4, 0.5) is 13.2 Å². The summed E-state index contributed by atoms with van der Waals surface area (Å²) in [4.78, 5) is 12.0. The lowest BCUT2D eigenvalue weighted by molar-refractivity contribution is -0.274. The highest BCUT2D eigenvalue weighted by molar-refractivity contribution is 5.76. The number of alkyl halides is 3. The summed E-state index contributed by atoms with van der Waals surface area (Å²) in [6.07, 6.45) is -4.53. The van der Waals surface area contributed by atoms with Crippen molar-refractivity contribution >= 4 is 5.91 Å². The number of nitrogens with one attached hydrogen (secondary N) is 1. The maximum atomic E-state index is 12.4. The molecule has 3 aromatic rings. The van der Waals surface area contributed by atoms with Crippen molar-refractivity contribution in [2.75, 3.05) is 0 Å². The first kappa shape index (κ1) is 20.4. The Bertz CT molecular complexity index is 969. The van der Waals surface area contributed by atoms with Crippen LogP contribution in [0.25, 0.3) is 11.5 Å². The van der Waals surface area contributed by atoms with Crippen molar-refractivity contribution in [3.63, 3.8) is 0 Å². The molecule has 0 aliphatic rings. The van der Waals surface area contributed by atoms with Crippen molar-refractivity contribution in [2.24, 2.45) is 0 Å². The van der Waals surface area contributed by atoms with E-state index in [2.05, 4.69) is 20.3 Å². The van der Waals surface area contributed by atoms with Gasteiger partial charge in [-0.2, -0.15) is 0 Å². The van der Waals surface area contributed by atoms with E-state index < -0.39 is 6.36 Å². The van der Waals surface area contributed by atoms with E-state index in [-0.39, 0.29) is 36.6 Å². The molecule has 0 saturated carbocycles. The molecule has 0 fully saturated rings. The molecule has 1 heterocycles. The van der Waals surface area contributed by atoms with Crippen molar-refractivity contribution < 1.29 is 27.1 Å². The number of carbonyl (C=O) groups is 1. The topological polar surface area (TPSA) is 77.2 Å². The second-order valence-corrected chi connectivity index (χ2v) is 6.30. The van der Waals surface area contributed by atoms with E-state index in [4.69, 9.17) is 4.42 Å². The number of hydrogen-bond donors (Lipinski definition) is 1. The minimum absolute atomic E-state index is 0.0534. The van der Waals surface area contributed by atoms with Crippen molar-refractivity contribution in [3.8, 4) is 17.2 Å². The van der Waals surface area contributed by atoms with Crippen molar-refractivity contribution in [3.05, 3.63) is 65.5 Å². The molecule has 1 amide bonds. The summed E-state index contributed by atoms with van der Waals surface area (Å²) >= 11 is 0. The lowest BCUT2D eigenvalue weighted by Gasteiger charge is -2.13. The number of carbonyl (C=O) groups excluding carboxylic acids is 1. The monoisotopic (exact) mass is 405 g/mol. The maximum absolute atomic E-state index is 12.4. The van der Waals surface area contributed by atoms with E-state index >= 15 is 0 Å². The van der Waals surface area contributed by atoms with Gasteiger partial charge in [-0.1, -0.05) is 35.9 Å². The molecular formula is C20H18F3N3O3. The predicted molar refractivity (Wildman–Crippen MR) is 97.8 cm³/mol. The maximum Gasteiger partial charge on any atom is 0.573 e. The van der Waals surface area contributed by atoms with E-state index in [0.29, 0.717) is 11.8 Å². The van der Waals surface area contributed by atoms with Gasteiger partial charge in [0.1, 0.15) is 5.75 Å². The Morgan fingerprint density at radius 1 is 1.10 bits per heavy atom. The number of hydrogen-bond acceptors (Lipinski definition) is 5. The molecule has 0 spiro atoms. The first-order chi connectivity index (χ1) is 13.8. The van der Waals surface area contributed by atoms with Crippen LogP contribution in [0.5, 0.6) is 5.75 Å². The Labute approximate surface area is 164 Å². The molecule has 0 bridgehead atoms. The van der Waals surface area contributed by atoms with Gasteiger partial charge in [-0.25, -0.2) is 0 Å². The van der Waals surface area contributed by atoms with E-state index in [1.165, 1.54) is 18.2 Å². The van der Waals surface area contributed by atoms with Gasteiger partial charge < -0.3 is 14.5 Å². The number of nitrogens with zero attached hydrogens (tertiary/aromatic N) is 2. The van der Waals surface area contributed by atoms with Gasteiger partial charge in [0, 0.05) is 30.5 Å². The fourth-order valence-corrected chi connectivity index (χ4v) is 2.54. The van der Waals surface area contributed by atoms with Gasteiger partial charge in [0.25, 0.3) is 0 Å². The van der Waals surface area contributed by atoms with Gasteiger partial charge in [-0.05, 0) is 25.1 Å². The van der Waals surface area contributed by atoms with Crippen molar-refractivity contribution in [1.29, 1.82) is 0 Å². The second-order valence-electron chi connectivity index (χ2n) is 6.30. The smallest absolute Gasteiger partial charge is 0.421 e. The molecule has 29 heavy (non-hydrogen) atoms. The summed E-state index contributed by atoms with van der Waals surface area (Å²) in [7, 11) is 0. The highest BCUT2D eigenvalue weighted by Crippen LogP contribution is 2.26. The molecule has 0 radical (unpaired) electrons. The summed E-state index contributed by atoms with van der Waals surface area (Å²) in [5.41, 5.74) is 2.10. The molecule has 152 valence electrons. The van der Waals surface area contributed by atoms with Crippen LogP contribution in [0.3, 0.4) is 0 Å². The molecule has 0 unspecified atom stereocenters. The normalized spacial score (nSPS) is 11.3. The number of para-hydroxylation sites is 1. The average molecular weight is 405 g/mol. The zero-order valence-electron chi connectivity index (χ0n) is 15.5. The Hall–Kier alpha value is -3.36. The number of benzene rings is 2. The number of ether oxygens (including phenoxy) is 1. The summed E-state index contributed by atoms with van der Waals surface area (Å²) < 4.78 is 46.8. The summed E-state index contributed by atoms with van der Waals surface area (Å²) in [5, 5.41) is 10.4.